The molecule has 0 saturated heterocycles. The van der Waals surface area contributed by atoms with E-state index in [-0.39, 0.29) is 11.7 Å². The number of carboxylic acid groups (broad SMARTS) is 2. The molecule has 0 amide bonds. The maximum absolute atomic E-state index is 11.0. The molecule has 0 aromatic heterocycles. The minimum Gasteiger partial charge on any atom is -0.481 e. The van der Waals surface area contributed by atoms with E-state index < -0.39 is 26.7 Å². The molecule has 7 nitrogen and oxygen atoms in total. The minimum absolute atomic E-state index is 0.131. The summed E-state index contributed by atoms with van der Waals surface area (Å²) in [5, 5.41) is 17.8. The van der Waals surface area contributed by atoms with Crippen molar-refractivity contribution in [3.8, 4) is 0 Å². The van der Waals surface area contributed by atoms with E-state index in [2.05, 4.69) is 12.6 Å². The average Bonchev–Trinajstić information content (AvgIpc) is 2.50. The van der Waals surface area contributed by atoms with Crippen LogP contribution in [0.25, 0.3) is 0 Å². The molecule has 0 fully saturated rings. The molecule has 2 unspecified atom stereocenters. The van der Waals surface area contributed by atoms with Crippen molar-refractivity contribution in [2.24, 2.45) is 5.92 Å². The summed E-state index contributed by atoms with van der Waals surface area (Å²) in [6.45, 7) is 0. The standard InChI is InChI=1S/C14H28O7SSi/c1-19-23(20-2,21-3)9-5-8-12(22)7-4-6-11(14(17)18)10-13(15)16/h11-12,22H,4-10H2,1-3H3,(H,15,16)(H,17,18). The molecule has 0 saturated carbocycles. The van der Waals surface area contributed by atoms with Crippen molar-refractivity contribution < 1.29 is 33.1 Å². The molecule has 0 aromatic rings. The molecule has 2 atom stereocenters. The smallest absolute Gasteiger partial charge is 0.481 e. The molecule has 9 heteroatoms. The third-order valence-corrected chi connectivity index (χ3v) is 7.16. The average molecular weight is 369 g/mol. The van der Waals surface area contributed by atoms with Crippen LogP contribution >= 0.6 is 12.6 Å². The maximum atomic E-state index is 11.0. The Labute approximate surface area is 144 Å². The Bertz CT molecular complexity index is 355. The van der Waals surface area contributed by atoms with Crippen molar-refractivity contribution in [3.05, 3.63) is 0 Å². The molecule has 0 heterocycles. The summed E-state index contributed by atoms with van der Waals surface area (Å²) in [4.78, 5) is 21.6. The lowest BCUT2D eigenvalue weighted by atomic mass is 9.97. The number of rotatable bonds is 14. The summed E-state index contributed by atoms with van der Waals surface area (Å²) < 4.78 is 16.0. The van der Waals surface area contributed by atoms with Gasteiger partial charge in [-0.05, 0) is 25.7 Å². The Morgan fingerprint density at radius 1 is 1.00 bits per heavy atom. The van der Waals surface area contributed by atoms with E-state index in [4.69, 9.17) is 23.5 Å². The second-order valence-corrected chi connectivity index (χ2v) is 9.23. The summed E-state index contributed by atoms with van der Waals surface area (Å²) in [6, 6.07) is 0.699. The number of hydrogen-bond donors (Lipinski definition) is 3. The van der Waals surface area contributed by atoms with E-state index in [1.165, 1.54) is 0 Å². The molecule has 0 aliphatic carbocycles. The van der Waals surface area contributed by atoms with Crippen LogP contribution in [0.4, 0.5) is 0 Å². The van der Waals surface area contributed by atoms with Gasteiger partial charge in [0, 0.05) is 32.6 Å². The second-order valence-electron chi connectivity index (χ2n) is 5.41. The van der Waals surface area contributed by atoms with E-state index in [0.717, 1.165) is 19.3 Å². The highest BCUT2D eigenvalue weighted by Gasteiger charge is 2.36. The number of carbonyl (C=O) groups is 2. The molecular formula is C14H28O7SSi. The topological polar surface area (TPSA) is 102 Å². The summed E-state index contributed by atoms with van der Waals surface area (Å²) in [5.41, 5.74) is 0. The normalized spacial score (nSPS) is 14.4. The van der Waals surface area contributed by atoms with Crippen molar-refractivity contribution in [3.63, 3.8) is 0 Å². The molecule has 0 radical (unpaired) electrons. The van der Waals surface area contributed by atoms with Crippen LogP contribution in [0.3, 0.4) is 0 Å². The van der Waals surface area contributed by atoms with Gasteiger partial charge in [-0.1, -0.05) is 6.42 Å². The zero-order chi connectivity index (χ0) is 17.9. The summed E-state index contributed by atoms with van der Waals surface area (Å²) in [7, 11) is 2.18. The van der Waals surface area contributed by atoms with E-state index >= 15 is 0 Å². The largest absolute Gasteiger partial charge is 0.500 e. The van der Waals surface area contributed by atoms with Crippen molar-refractivity contribution in [1.82, 2.24) is 0 Å². The first kappa shape index (κ1) is 22.4. The first-order chi connectivity index (χ1) is 10.8. The van der Waals surface area contributed by atoms with Crippen LogP contribution in [0.2, 0.25) is 6.04 Å². The van der Waals surface area contributed by atoms with Gasteiger partial charge >= 0.3 is 20.7 Å². The van der Waals surface area contributed by atoms with Gasteiger partial charge in [-0.25, -0.2) is 0 Å². The Morgan fingerprint density at radius 3 is 1.96 bits per heavy atom. The van der Waals surface area contributed by atoms with Gasteiger partial charge in [-0.3, -0.25) is 9.59 Å². The van der Waals surface area contributed by atoms with Gasteiger partial charge in [0.05, 0.1) is 12.3 Å². The highest BCUT2D eigenvalue weighted by molar-refractivity contribution is 7.80. The highest BCUT2D eigenvalue weighted by Crippen LogP contribution is 2.22. The van der Waals surface area contributed by atoms with Crippen molar-refractivity contribution in [1.29, 1.82) is 0 Å². The lowest BCUT2D eigenvalue weighted by Gasteiger charge is -2.24. The van der Waals surface area contributed by atoms with Crippen LogP contribution in [0.15, 0.2) is 0 Å². The van der Waals surface area contributed by atoms with Gasteiger partial charge in [0.2, 0.25) is 0 Å². The lowest BCUT2D eigenvalue weighted by molar-refractivity contribution is -0.148. The number of hydrogen-bond acceptors (Lipinski definition) is 6. The molecule has 2 N–H and O–H groups in total. The fraction of sp³-hybridized carbons (Fsp3) is 0.857. The molecule has 0 aliphatic rings. The van der Waals surface area contributed by atoms with Gasteiger partial charge in [-0.2, -0.15) is 12.6 Å². The zero-order valence-electron chi connectivity index (χ0n) is 14.0. The van der Waals surface area contributed by atoms with Crippen molar-refractivity contribution in [2.75, 3.05) is 21.3 Å². The van der Waals surface area contributed by atoms with E-state index in [1.54, 1.807) is 21.3 Å². The molecule has 0 rings (SSSR count). The fourth-order valence-corrected chi connectivity index (χ4v) is 4.49. The summed E-state index contributed by atoms with van der Waals surface area (Å²) in [5.74, 6) is -2.97. The molecule has 0 aromatic carbocycles. The van der Waals surface area contributed by atoms with Crippen molar-refractivity contribution >= 4 is 33.4 Å². The van der Waals surface area contributed by atoms with Crippen LogP contribution < -0.4 is 0 Å². The molecule has 0 spiro atoms. The Kier molecular flexibility index (Phi) is 11.5. The third kappa shape index (κ3) is 9.31. The number of carboxylic acids is 2. The van der Waals surface area contributed by atoms with Gasteiger partial charge < -0.3 is 23.5 Å². The first-order valence-corrected chi connectivity index (χ1v) is 10.0. The fourth-order valence-electron chi connectivity index (χ4n) is 2.38. The maximum Gasteiger partial charge on any atom is 0.500 e. The van der Waals surface area contributed by atoms with Gasteiger partial charge in [-0.15, -0.1) is 0 Å². The lowest BCUT2D eigenvalue weighted by Crippen LogP contribution is -2.42. The van der Waals surface area contributed by atoms with Crippen LogP contribution in [-0.4, -0.2) is 57.5 Å². The van der Waals surface area contributed by atoms with E-state index in [0.29, 0.717) is 18.9 Å². The van der Waals surface area contributed by atoms with Gasteiger partial charge in [0.15, 0.2) is 0 Å². The third-order valence-electron chi connectivity index (χ3n) is 3.81. The van der Waals surface area contributed by atoms with Crippen LogP contribution in [0, 0.1) is 5.92 Å². The number of aliphatic carboxylic acids is 2. The number of thiol groups is 1. The molecule has 136 valence electrons. The van der Waals surface area contributed by atoms with E-state index in [1.807, 2.05) is 0 Å². The first-order valence-electron chi connectivity index (χ1n) is 7.58. The van der Waals surface area contributed by atoms with Crippen molar-refractivity contribution in [2.45, 2.75) is 49.8 Å². The zero-order valence-corrected chi connectivity index (χ0v) is 15.9. The van der Waals surface area contributed by atoms with Gasteiger partial charge in [0.1, 0.15) is 0 Å². The van der Waals surface area contributed by atoms with E-state index in [9.17, 15) is 9.59 Å². The molecular weight excluding hydrogens is 340 g/mol. The van der Waals surface area contributed by atoms with Crippen LogP contribution in [0.5, 0.6) is 0 Å². The van der Waals surface area contributed by atoms with Gasteiger partial charge in [0.25, 0.3) is 0 Å². The predicted octanol–water partition coefficient (Wildman–Crippen LogP) is 2.29. The monoisotopic (exact) mass is 368 g/mol. The second kappa shape index (κ2) is 11.9. The predicted molar refractivity (Wildman–Crippen MR) is 90.8 cm³/mol. The molecule has 0 bridgehead atoms. The summed E-state index contributed by atoms with van der Waals surface area (Å²) >= 11 is 4.50. The Morgan fingerprint density at radius 2 is 1.52 bits per heavy atom. The Hall–Kier alpha value is -0.613. The molecule has 23 heavy (non-hydrogen) atoms. The summed E-state index contributed by atoms with van der Waals surface area (Å²) in [6.07, 6.45) is 3.08. The minimum atomic E-state index is -2.54. The quantitative estimate of drug-likeness (QED) is 0.319. The SMILES string of the molecule is CO[Si](CCCC(S)CCCC(CC(=O)O)C(=O)O)(OC)OC. The Balaban J connectivity index is 4.04. The highest BCUT2D eigenvalue weighted by atomic mass is 32.1. The molecule has 0 aliphatic heterocycles. The van der Waals surface area contributed by atoms with Crippen LogP contribution in [-0.2, 0) is 22.9 Å². The van der Waals surface area contributed by atoms with Crippen LogP contribution in [0.1, 0.15) is 38.5 Å².